The highest BCUT2D eigenvalue weighted by atomic mass is 32.2. The lowest BCUT2D eigenvalue weighted by atomic mass is 10.2. The van der Waals surface area contributed by atoms with Crippen LogP contribution in [0.5, 0.6) is 0 Å². The first-order chi connectivity index (χ1) is 8.71. The van der Waals surface area contributed by atoms with Gasteiger partial charge < -0.3 is 10.2 Å². The monoisotopic (exact) mass is 281 g/mol. The van der Waals surface area contributed by atoms with E-state index < -0.39 is 20.6 Å². The topological polar surface area (TPSA) is 73.3 Å². The molecule has 2 N–H and O–H groups in total. The highest BCUT2D eigenvalue weighted by molar-refractivity contribution is 7.92. The molecular formula is C14H19NO3S. The fourth-order valence-corrected chi connectivity index (χ4v) is 2.89. The Kier molecular flexibility index (Phi) is 3.45. The SMILES string of the molecule is CC(C)(C)S(=O)(=O)CC(N)c1cc2ccccc2o1. The van der Waals surface area contributed by atoms with Gasteiger partial charge in [0.15, 0.2) is 9.84 Å². The Bertz CT molecular complexity index is 647. The van der Waals surface area contributed by atoms with Gasteiger partial charge >= 0.3 is 0 Å². The molecule has 0 aliphatic rings. The summed E-state index contributed by atoms with van der Waals surface area (Å²) in [6, 6.07) is 8.68. The van der Waals surface area contributed by atoms with Gasteiger partial charge in [-0.3, -0.25) is 0 Å². The van der Waals surface area contributed by atoms with Crippen LogP contribution < -0.4 is 5.73 Å². The number of para-hydroxylation sites is 1. The molecule has 1 unspecified atom stereocenters. The van der Waals surface area contributed by atoms with Gasteiger partial charge in [0.2, 0.25) is 0 Å². The van der Waals surface area contributed by atoms with Crippen LogP contribution >= 0.6 is 0 Å². The van der Waals surface area contributed by atoms with E-state index in [1.54, 1.807) is 26.8 Å². The first-order valence-corrected chi connectivity index (χ1v) is 7.82. The lowest BCUT2D eigenvalue weighted by molar-refractivity contribution is 0.501. The third kappa shape index (κ3) is 2.82. The molecule has 0 amide bonds. The van der Waals surface area contributed by atoms with Gasteiger partial charge in [-0.25, -0.2) is 8.42 Å². The van der Waals surface area contributed by atoms with E-state index in [2.05, 4.69) is 0 Å². The summed E-state index contributed by atoms with van der Waals surface area (Å²) in [4.78, 5) is 0. The first-order valence-electron chi connectivity index (χ1n) is 6.17. The molecule has 0 fully saturated rings. The summed E-state index contributed by atoms with van der Waals surface area (Å²) in [7, 11) is -3.27. The van der Waals surface area contributed by atoms with Crippen LogP contribution in [0.15, 0.2) is 34.7 Å². The van der Waals surface area contributed by atoms with Crippen molar-refractivity contribution in [3.63, 3.8) is 0 Å². The molecule has 104 valence electrons. The summed E-state index contributed by atoms with van der Waals surface area (Å²) in [6.07, 6.45) is 0. The fourth-order valence-electron chi connectivity index (χ4n) is 1.75. The summed E-state index contributed by atoms with van der Waals surface area (Å²) in [5.74, 6) is 0.394. The second-order valence-corrected chi connectivity index (χ2v) is 8.47. The van der Waals surface area contributed by atoms with Crippen LogP contribution in [0.1, 0.15) is 32.6 Å². The standard InChI is InChI=1S/C14H19NO3S/c1-14(2,3)19(16,17)9-11(15)13-8-10-6-4-5-7-12(10)18-13/h4-8,11H,9,15H2,1-3H3. The minimum Gasteiger partial charge on any atom is -0.459 e. The highest BCUT2D eigenvalue weighted by Crippen LogP contribution is 2.26. The molecular weight excluding hydrogens is 262 g/mol. The van der Waals surface area contributed by atoms with Gasteiger partial charge in [0.1, 0.15) is 11.3 Å². The number of sulfone groups is 1. The van der Waals surface area contributed by atoms with Gasteiger partial charge in [0.25, 0.3) is 0 Å². The summed E-state index contributed by atoms with van der Waals surface area (Å²) < 4.78 is 29.0. The number of benzene rings is 1. The third-order valence-corrected chi connectivity index (χ3v) is 5.81. The molecule has 0 radical (unpaired) electrons. The molecule has 0 bridgehead atoms. The van der Waals surface area contributed by atoms with Gasteiger partial charge in [-0.2, -0.15) is 0 Å². The summed E-state index contributed by atoms with van der Waals surface area (Å²) >= 11 is 0. The smallest absolute Gasteiger partial charge is 0.157 e. The average molecular weight is 281 g/mol. The molecule has 2 rings (SSSR count). The van der Waals surface area contributed by atoms with Crippen LogP contribution in [-0.2, 0) is 9.84 Å². The Labute approximate surface area is 113 Å². The number of fused-ring (bicyclic) bond motifs is 1. The molecule has 1 aromatic carbocycles. The highest BCUT2D eigenvalue weighted by Gasteiger charge is 2.32. The van der Waals surface area contributed by atoms with Crippen LogP contribution in [0.4, 0.5) is 0 Å². The van der Waals surface area contributed by atoms with E-state index in [9.17, 15) is 8.42 Å². The van der Waals surface area contributed by atoms with Gasteiger partial charge in [0.05, 0.1) is 16.5 Å². The van der Waals surface area contributed by atoms with E-state index in [4.69, 9.17) is 10.2 Å². The second kappa shape index (κ2) is 4.65. The summed E-state index contributed by atoms with van der Waals surface area (Å²) in [6.45, 7) is 5.02. The zero-order chi connectivity index (χ0) is 14.3. The van der Waals surface area contributed by atoms with Crippen LogP contribution in [0.2, 0.25) is 0 Å². The maximum atomic E-state index is 12.1. The van der Waals surface area contributed by atoms with E-state index >= 15 is 0 Å². The number of hydrogen-bond acceptors (Lipinski definition) is 4. The maximum absolute atomic E-state index is 12.1. The molecule has 2 aromatic rings. The lowest BCUT2D eigenvalue weighted by Gasteiger charge is -2.21. The normalized spacial score (nSPS) is 14.7. The molecule has 0 aliphatic heterocycles. The molecule has 4 nitrogen and oxygen atoms in total. The Morgan fingerprint density at radius 3 is 2.47 bits per heavy atom. The van der Waals surface area contributed by atoms with Crippen LogP contribution in [0.3, 0.4) is 0 Å². The molecule has 1 atom stereocenters. The van der Waals surface area contributed by atoms with Crippen molar-refractivity contribution in [2.24, 2.45) is 5.73 Å². The molecule has 1 heterocycles. The summed E-state index contributed by atoms with van der Waals surface area (Å²) in [5, 5.41) is 0.932. The van der Waals surface area contributed by atoms with Crippen molar-refractivity contribution < 1.29 is 12.8 Å². The Hall–Kier alpha value is -1.33. The van der Waals surface area contributed by atoms with Crippen LogP contribution in [0.25, 0.3) is 11.0 Å². The lowest BCUT2D eigenvalue weighted by Crippen LogP contribution is -2.34. The van der Waals surface area contributed by atoms with E-state index in [1.807, 2.05) is 24.3 Å². The molecule has 0 spiro atoms. The first kappa shape index (κ1) is 14.1. The van der Waals surface area contributed by atoms with Crippen molar-refractivity contribution in [3.05, 3.63) is 36.1 Å². The van der Waals surface area contributed by atoms with Crippen molar-refractivity contribution in [1.29, 1.82) is 0 Å². The largest absolute Gasteiger partial charge is 0.459 e. The van der Waals surface area contributed by atoms with Gasteiger partial charge in [-0.05, 0) is 32.9 Å². The number of hydrogen-bond donors (Lipinski definition) is 1. The predicted octanol–water partition coefficient (Wildman–Crippen LogP) is 2.65. The second-order valence-electron chi connectivity index (χ2n) is 5.69. The molecule has 5 heteroatoms. The van der Waals surface area contributed by atoms with Crippen molar-refractivity contribution >= 4 is 20.8 Å². The molecule has 0 saturated heterocycles. The van der Waals surface area contributed by atoms with Crippen molar-refractivity contribution in [2.45, 2.75) is 31.6 Å². The van der Waals surface area contributed by atoms with Crippen molar-refractivity contribution in [1.82, 2.24) is 0 Å². The Morgan fingerprint density at radius 2 is 1.89 bits per heavy atom. The number of rotatable bonds is 3. The van der Waals surface area contributed by atoms with Crippen LogP contribution in [0, 0.1) is 0 Å². The zero-order valence-electron chi connectivity index (χ0n) is 11.4. The van der Waals surface area contributed by atoms with E-state index in [0.717, 1.165) is 11.0 Å². The minimum absolute atomic E-state index is 0.115. The van der Waals surface area contributed by atoms with Crippen molar-refractivity contribution in [2.75, 3.05) is 5.75 Å². The predicted molar refractivity (Wildman–Crippen MR) is 76.7 cm³/mol. The molecule has 0 aliphatic carbocycles. The maximum Gasteiger partial charge on any atom is 0.157 e. The minimum atomic E-state index is -3.27. The van der Waals surface area contributed by atoms with Gasteiger partial charge in [0, 0.05) is 5.39 Å². The van der Waals surface area contributed by atoms with Crippen LogP contribution in [-0.4, -0.2) is 18.9 Å². The van der Waals surface area contributed by atoms with Crippen molar-refractivity contribution in [3.8, 4) is 0 Å². The number of nitrogens with two attached hydrogens (primary N) is 1. The third-order valence-electron chi connectivity index (χ3n) is 3.14. The molecule has 1 aromatic heterocycles. The molecule has 0 saturated carbocycles. The van der Waals surface area contributed by atoms with Gasteiger partial charge in [-0.1, -0.05) is 18.2 Å². The Balaban J connectivity index is 2.28. The van der Waals surface area contributed by atoms with E-state index in [-0.39, 0.29) is 5.75 Å². The fraction of sp³-hybridized carbons (Fsp3) is 0.429. The van der Waals surface area contributed by atoms with E-state index in [0.29, 0.717) is 5.76 Å². The van der Waals surface area contributed by atoms with E-state index in [1.165, 1.54) is 0 Å². The summed E-state index contributed by atoms with van der Waals surface area (Å²) in [5.41, 5.74) is 6.69. The average Bonchev–Trinajstić information content (AvgIpc) is 2.70. The number of furan rings is 1. The quantitative estimate of drug-likeness (QED) is 0.938. The molecule has 19 heavy (non-hydrogen) atoms. The Morgan fingerprint density at radius 1 is 1.26 bits per heavy atom. The zero-order valence-corrected chi connectivity index (χ0v) is 12.2. The van der Waals surface area contributed by atoms with Gasteiger partial charge in [-0.15, -0.1) is 0 Å².